The van der Waals surface area contributed by atoms with E-state index in [1.807, 2.05) is 19.1 Å². The van der Waals surface area contributed by atoms with E-state index in [9.17, 15) is 9.59 Å². The molecule has 2 heterocycles. The number of hydrogen-bond acceptors (Lipinski definition) is 5. The van der Waals surface area contributed by atoms with E-state index in [-0.39, 0.29) is 18.1 Å². The first-order valence-electron chi connectivity index (χ1n) is 10.4. The summed E-state index contributed by atoms with van der Waals surface area (Å²) >= 11 is 0. The summed E-state index contributed by atoms with van der Waals surface area (Å²) in [7, 11) is 0. The Bertz CT molecular complexity index is 887. The Labute approximate surface area is 171 Å². The van der Waals surface area contributed by atoms with Crippen molar-refractivity contribution >= 4 is 16.9 Å². The van der Waals surface area contributed by atoms with Crippen molar-refractivity contribution in [3.63, 3.8) is 0 Å². The molecule has 1 amide bonds. The molecule has 1 aromatic carbocycles. The Hall–Kier alpha value is -2.38. The highest BCUT2D eigenvalue weighted by Gasteiger charge is 2.15. The first-order chi connectivity index (χ1) is 14.1. The average molecular weight is 403 g/mol. The first-order valence-corrected chi connectivity index (χ1v) is 10.4. The highest BCUT2D eigenvalue weighted by molar-refractivity contribution is 5.88. The number of aryl methyl sites for hydroxylation is 2. The number of benzene rings is 1. The molecule has 158 valence electrons. The van der Waals surface area contributed by atoms with Crippen LogP contribution in [-0.2, 0) is 16.0 Å². The molecule has 3 rings (SSSR count). The second-order valence-electron chi connectivity index (χ2n) is 7.58. The average Bonchev–Trinajstić information content (AvgIpc) is 2.70. The highest BCUT2D eigenvalue weighted by atomic mass is 16.5. The van der Waals surface area contributed by atoms with Gasteiger partial charge in [0.25, 0.3) is 5.91 Å². The molecule has 2 N–H and O–H groups in total. The Kier molecular flexibility index (Phi) is 7.66. The molecule has 0 atom stereocenters. The molecule has 1 aromatic heterocycles. The zero-order chi connectivity index (χ0) is 20.6. The van der Waals surface area contributed by atoms with Gasteiger partial charge >= 0.3 is 5.63 Å². The lowest BCUT2D eigenvalue weighted by atomic mass is 10.0. The van der Waals surface area contributed by atoms with Gasteiger partial charge in [-0.2, -0.15) is 0 Å². The molecule has 29 heavy (non-hydrogen) atoms. The van der Waals surface area contributed by atoms with E-state index in [0.29, 0.717) is 17.9 Å². The molecular formula is C22H31N2O5+. The van der Waals surface area contributed by atoms with E-state index in [1.165, 1.54) is 11.0 Å². The number of hydrogen-bond donors (Lipinski definition) is 2. The minimum atomic E-state index is -0.363. The van der Waals surface area contributed by atoms with E-state index in [0.717, 1.165) is 68.6 Å². The number of morpholine rings is 1. The number of ether oxygens (including phenoxy) is 2. The van der Waals surface area contributed by atoms with Crippen molar-refractivity contribution in [1.82, 2.24) is 5.32 Å². The SMILES string of the molecule is CCCc1cc(=O)oc2cc(C)cc(OCC(=O)NCCC[NH+]3CCOCC3)c12. The van der Waals surface area contributed by atoms with Crippen LogP contribution in [0.5, 0.6) is 5.75 Å². The number of nitrogens with one attached hydrogen (secondary N) is 2. The smallest absolute Gasteiger partial charge is 0.336 e. The minimum Gasteiger partial charge on any atom is -0.483 e. The summed E-state index contributed by atoms with van der Waals surface area (Å²) in [6, 6.07) is 5.23. The van der Waals surface area contributed by atoms with Crippen LogP contribution in [0.2, 0.25) is 0 Å². The fraction of sp³-hybridized carbons (Fsp3) is 0.545. The summed E-state index contributed by atoms with van der Waals surface area (Å²) in [5.74, 6) is 0.436. The molecule has 1 aliphatic heterocycles. The molecule has 7 nitrogen and oxygen atoms in total. The third-order valence-corrected chi connectivity index (χ3v) is 5.14. The summed E-state index contributed by atoms with van der Waals surface area (Å²) < 4.78 is 16.6. The third kappa shape index (κ3) is 6.05. The zero-order valence-corrected chi connectivity index (χ0v) is 17.3. The predicted molar refractivity (Wildman–Crippen MR) is 111 cm³/mol. The van der Waals surface area contributed by atoms with Crippen molar-refractivity contribution in [1.29, 1.82) is 0 Å². The van der Waals surface area contributed by atoms with Crippen LogP contribution in [0, 0.1) is 6.92 Å². The second-order valence-corrected chi connectivity index (χ2v) is 7.58. The minimum absolute atomic E-state index is 0.0618. The Morgan fingerprint density at radius 1 is 1.24 bits per heavy atom. The van der Waals surface area contributed by atoms with Crippen LogP contribution in [0.3, 0.4) is 0 Å². The van der Waals surface area contributed by atoms with Crippen LogP contribution in [0.4, 0.5) is 0 Å². The number of rotatable bonds is 9. The van der Waals surface area contributed by atoms with E-state index >= 15 is 0 Å². The molecule has 0 bridgehead atoms. The van der Waals surface area contributed by atoms with Gasteiger partial charge in [0.2, 0.25) is 0 Å². The number of amides is 1. The van der Waals surface area contributed by atoms with Gasteiger partial charge in [-0.05, 0) is 36.6 Å². The van der Waals surface area contributed by atoms with Crippen LogP contribution in [0.1, 0.15) is 30.9 Å². The maximum Gasteiger partial charge on any atom is 0.336 e. The van der Waals surface area contributed by atoms with Crippen molar-refractivity contribution in [2.75, 3.05) is 46.0 Å². The molecule has 0 aliphatic carbocycles. The highest BCUT2D eigenvalue weighted by Crippen LogP contribution is 2.30. The van der Waals surface area contributed by atoms with E-state index < -0.39 is 0 Å². The number of fused-ring (bicyclic) bond motifs is 1. The number of carbonyl (C=O) groups is 1. The van der Waals surface area contributed by atoms with Gasteiger partial charge < -0.3 is 24.1 Å². The van der Waals surface area contributed by atoms with Gasteiger partial charge in [-0.1, -0.05) is 13.3 Å². The summed E-state index contributed by atoms with van der Waals surface area (Å²) in [5.41, 5.74) is 1.95. The third-order valence-electron chi connectivity index (χ3n) is 5.14. The topological polar surface area (TPSA) is 82.2 Å². The second kappa shape index (κ2) is 10.4. The summed E-state index contributed by atoms with van der Waals surface area (Å²) in [4.78, 5) is 25.6. The molecule has 7 heteroatoms. The van der Waals surface area contributed by atoms with Gasteiger partial charge in [-0.15, -0.1) is 0 Å². The molecule has 0 saturated carbocycles. The monoisotopic (exact) mass is 403 g/mol. The van der Waals surface area contributed by atoms with Gasteiger partial charge in [-0.25, -0.2) is 4.79 Å². The van der Waals surface area contributed by atoms with Crippen LogP contribution in [0.25, 0.3) is 11.0 Å². The lowest BCUT2D eigenvalue weighted by Gasteiger charge is -2.23. The Morgan fingerprint density at radius 2 is 2.03 bits per heavy atom. The molecule has 2 aromatic rings. The van der Waals surface area contributed by atoms with Crippen LogP contribution >= 0.6 is 0 Å². The van der Waals surface area contributed by atoms with Crippen molar-refractivity contribution in [3.8, 4) is 5.75 Å². The number of carbonyl (C=O) groups excluding carboxylic acids is 1. The largest absolute Gasteiger partial charge is 0.483 e. The zero-order valence-electron chi connectivity index (χ0n) is 17.3. The lowest BCUT2D eigenvalue weighted by Crippen LogP contribution is -3.14. The van der Waals surface area contributed by atoms with Crippen molar-refractivity contribution < 1.29 is 23.6 Å². The standard InChI is InChI=1S/C22H30N2O5/c1-3-5-17-14-21(26)29-19-13-16(2)12-18(22(17)19)28-15-20(25)23-6-4-7-24-8-10-27-11-9-24/h12-14H,3-11,15H2,1-2H3,(H,23,25)/p+1. The molecule has 0 spiro atoms. The lowest BCUT2D eigenvalue weighted by molar-refractivity contribution is -0.908. The van der Waals surface area contributed by atoms with Gasteiger partial charge in [0.05, 0.1) is 25.1 Å². The fourth-order valence-electron chi connectivity index (χ4n) is 3.72. The van der Waals surface area contributed by atoms with E-state index in [1.54, 1.807) is 0 Å². The maximum absolute atomic E-state index is 12.2. The Balaban J connectivity index is 1.57. The van der Waals surface area contributed by atoms with E-state index in [4.69, 9.17) is 13.9 Å². The summed E-state index contributed by atoms with van der Waals surface area (Å²) in [6.45, 7) is 9.28. The van der Waals surface area contributed by atoms with Crippen LogP contribution < -0.4 is 20.6 Å². The number of quaternary nitrogens is 1. The normalized spacial score (nSPS) is 14.8. The van der Waals surface area contributed by atoms with Gasteiger partial charge in [0.1, 0.15) is 24.4 Å². The van der Waals surface area contributed by atoms with E-state index in [2.05, 4.69) is 12.2 Å². The fourth-order valence-corrected chi connectivity index (χ4v) is 3.72. The quantitative estimate of drug-likeness (QED) is 0.479. The summed E-state index contributed by atoms with van der Waals surface area (Å²) in [6.07, 6.45) is 2.58. The predicted octanol–water partition coefficient (Wildman–Crippen LogP) is 0.854. The van der Waals surface area contributed by atoms with Gasteiger partial charge in [0.15, 0.2) is 6.61 Å². The molecule has 1 aliphatic rings. The molecule has 0 unspecified atom stereocenters. The summed E-state index contributed by atoms with van der Waals surface area (Å²) in [5, 5.41) is 3.70. The van der Waals surface area contributed by atoms with Crippen LogP contribution in [0.15, 0.2) is 27.4 Å². The van der Waals surface area contributed by atoms with Gasteiger partial charge in [0, 0.05) is 19.0 Å². The maximum atomic E-state index is 12.2. The van der Waals surface area contributed by atoms with Crippen molar-refractivity contribution in [3.05, 3.63) is 39.7 Å². The van der Waals surface area contributed by atoms with Crippen LogP contribution in [-0.4, -0.2) is 51.9 Å². The molecular weight excluding hydrogens is 372 g/mol. The van der Waals surface area contributed by atoms with Crippen molar-refractivity contribution in [2.24, 2.45) is 0 Å². The molecule has 1 fully saturated rings. The molecule has 1 saturated heterocycles. The van der Waals surface area contributed by atoms with Gasteiger partial charge in [-0.3, -0.25) is 4.79 Å². The van der Waals surface area contributed by atoms with Crippen molar-refractivity contribution in [2.45, 2.75) is 33.1 Å². The first kappa shape index (κ1) is 21.3. The Morgan fingerprint density at radius 3 is 2.79 bits per heavy atom. The molecule has 0 radical (unpaired) electrons.